The Bertz CT molecular complexity index is 905. The Balaban J connectivity index is 1.71. The molecule has 2 aromatic rings. The van der Waals surface area contributed by atoms with E-state index in [0.29, 0.717) is 13.0 Å². The zero-order valence-corrected chi connectivity index (χ0v) is 16.0. The SMILES string of the molecule is CCC(=O)N1CCc2cc(CNS(=O)(=O)c3ccc(CC)cc3)ccc21. The number of amides is 1. The standard InChI is InChI=1S/C20H24N2O3S/c1-3-15-5-8-18(9-6-15)26(24,25)21-14-16-7-10-19-17(13-16)11-12-22(19)20(23)4-2/h5-10,13,21H,3-4,11-12,14H2,1-2H3. The lowest BCUT2D eigenvalue weighted by atomic mass is 10.1. The Morgan fingerprint density at radius 3 is 2.42 bits per heavy atom. The van der Waals surface area contributed by atoms with Crippen LogP contribution in [0, 0.1) is 0 Å². The van der Waals surface area contributed by atoms with Crippen LogP contribution in [0.25, 0.3) is 0 Å². The summed E-state index contributed by atoms with van der Waals surface area (Å²) < 4.78 is 27.6. The van der Waals surface area contributed by atoms with Crippen molar-refractivity contribution in [1.29, 1.82) is 0 Å². The molecule has 1 aliphatic rings. The van der Waals surface area contributed by atoms with Crippen molar-refractivity contribution in [2.24, 2.45) is 0 Å². The maximum atomic E-state index is 12.5. The molecular formula is C20H24N2O3S. The molecule has 1 heterocycles. The van der Waals surface area contributed by atoms with E-state index >= 15 is 0 Å². The number of sulfonamides is 1. The molecule has 26 heavy (non-hydrogen) atoms. The number of anilines is 1. The molecule has 3 rings (SSSR count). The van der Waals surface area contributed by atoms with Gasteiger partial charge in [0.15, 0.2) is 0 Å². The van der Waals surface area contributed by atoms with E-state index in [9.17, 15) is 13.2 Å². The van der Waals surface area contributed by atoms with Crippen LogP contribution in [0.4, 0.5) is 5.69 Å². The van der Waals surface area contributed by atoms with E-state index < -0.39 is 10.0 Å². The highest BCUT2D eigenvalue weighted by atomic mass is 32.2. The number of rotatable bonds is 6. The number of fused-ring (bicyclic) bond motifs is 1. The summed E-state index contributed by atoms with van der Waals surface area (Å²) in [5.74, 6) is 0.118. The molecule has 5 nitrogen and oxygen atoms in total. The Morgan fingerprint density at radius 1 is 1.08 bits per heavy atom. The molecule has 0 atom stereocenters. The van der Waals surface area contributed by atoms with Crippen LogP contribution < -0.4 is 9.62 Å². The molecule has 0 saturated carbocycles. The molecule has 0 unspecified atom stereocenters. The largest absolute Gasteiger partial charge is 0.312 e. The Labute approximate surface area is 155 Å². The van der Waals surface area contributed by atoms with Gasteiger partial charge in [-0.15, -0.1) is 0 Å². The van der Waals surface area contributed by atoms with Gasteiger partial charge in [0, 0.05) is 25.2 Å². The first-order valence-corrected chi connectivity index (χ1v) is 10.4. The van der Waals surface area contributed by atoms with Gasteiger partial charge in [-0.2, -0.15) is 0 Å². The van der Waals surface area contributed by atoms with Crippen molar-refractivity contribution in [3.63, 3.8) is 0 Å². The summed E-state index contributed by atoms with van der Waals surface area (Å²) in [6, 6.07) is 12.7. The van der Waals surface area contributed by atoms with Gasteiger partial charge in [0.05, 0.1) is 4.90 Å². The summed E-state index contributed by atoms with van der Waals surface area (Å²) in [4.78, 5) is 14.0. The molecule has 6 heteroatoms. The normalized spacial score (nSPS) is 13.7. The van der Waals surface area contributed by atoms with Crippen LogP contribution in [0.1, 0.15) is 37.0 Å². The van der Waals surface area contributed by atoms with Crippen molar-refractivity contribution in [2.75, 3.05) is 11.4 Å². The predicted molar refractivity (Wildman–Crippen MR) is 103 cm³/mol. The number of nitrogens with one attached hydrogen (secondary N) is 1. The highest BCUT2D eigenvalue weighted by Gasteiger charge is 2.23. The van der Waals surface area contributed by atoms with Gasteiger partial charge in [-0.05, 0) is 47.7 Å². The fourth-order valence-corrected chi connectivity index (χ4v) is 4.20. The minimum absolute atomic E-state index is 0.118. The topological polar surface area (TPSA) is 66.5 Å². The quantitative estimate of drug-likeness (QED) is 0.848. The first kappa shape index (κ1) is 18.6. The number of aryl methyl sites for hydroxylation is 1. The molecule has 2 aromatic carbocycles. The minimum Gasteiger partial charge on any atom is -0.312 e. The summed E-state index contributed by atoms with van der Waals surface area (Å²) in [6.07, 6.45) is 2.17. The first-order chi connectivity index (χ1) is 12.4. The fourth-order valence-electron chi connectivity index (χ4n) is 3.18. The van der Waals surface area contributed by atoms with Gasteiger partial charge in [0.1, 0.15) is 0 Å². The molecule has 0 spiro atoms. The number of benzene rings is 2. The van der Waals surface area contributed by atoms with Crippen LogP contribution >= 0.6 is 0 Å². The van der Waals surface area contributed by atoms with Gasteiger partial charge in [0.2, 0.25) is 15.9 Å². The van der Waals surface area contributed by atoms with Crippen molar-refractivity contribution in [2.45, 2.75) is 44.6 Å². The van der Waals surface area contributed by atoms with Crippen LogP contribution in [0.2, 0.25) is 0 Å². The maximum Gasteiger partial charge on any atom is 0.240 e. The first-order valence-electron chi connectivity index (χ1n) is 8.95. The monoisotopic (exact) mass is 372 g/mol. The van der Waals surface area contributed by atoms with E-state index in [2.05, 4.69) is 4.72 Å². The van der Waals surface area contributed by atoms with E-state index in [1.54, 1.807) is 17.0 Å². The molecule has 0 aliphatic carbocycles. The second-order valence-electron chi connectivity index (χ2n) is 6.43. The molecule has 0 radical (unpaired) electrons. The molecule has 1 aliphatic heterocycles. The smallest absolute Gasteiger partial charge is 0.240 e. The van der Waals surface area contributed by atoms with Crippen molar-refractivity contribution >= 4 is 21.6 Å². The van der Waals surface area contributed by atoms with Gasteiger partial charge in [-0.25, -0.2) is 13.1 Å². The van der Waals surface area contributed by atoms with Crippen LogP contribution in [-0.4, -0.2) is 20.9 Å². The summed E-state index contributed by atoms with van der Waals surface area (Å²) in [5, 5.41) is 0. The van der Waals surface area contributed by atoms with Crippen molar-refractivity contribution in [3.8, 4) is 0 Å². The summed E-state index contributed by atoms with van der Waals surface area (Å²) in [6.45, 7) is 4.81. The molecule has 0 bridgehead atoms. The molecule has 0 fully saturated rings. The van der Waals surface area contributed by atoms with Crippen LogP contribution in [0.5, 0.6) is 0 Å². The van der Waals surface area contributed by atoms with E-state index in [-0.39, 0.29) is 17.3 Å². The van der Waals surface area contributed by atoms with Crippen molar-refractivity contribution in [1.82, 2.24) is 4.72 Å². The Kier molecular flexibility index (Phi) is 5.44. The van der Waals surface area contributed by atoms with E-state index in [1.165, 1.54) is 0 Å². The van der Waals surface area contributed by atoms with Crippen LogP contribution in [0.15, 0.2) is 47.4 Å². The lowest BCUT2D eigenvalue weighted by Gasteiger charge is -2.16. The second kappa shape index (κ2) is 7.60. The minimum atomic E-state index is -3.54. The molecule has 138 valence electrons. The summed E-state index contributed by atoms with van der Waals surface area (Å²) >= 11 is 0. The highest BCUT2D eigenvalue weighted by molar-refractivity contribution is 7.89. The Morgan fingerprint density at radius 2 is 1.77 bits per heavy atom. The molecule has 1 N–H and O–H groups in total. The van der Waals surface area contributed by atoms with Crippen molar-refractivity contribution < 1.29 is 13.2 Å². The van der Waals surface area contributed by atoms with Gasteiger partial charge in [-0.1, -0.05) is 38.1 Å². The van der Waals surface area contributed by atoms with Crippen molar-refractivity contribution in [3.05, 3.63) is 59.2 Å². The fraction of sp³-hybridized carbons (Fsp3) is 0.350. The molecule has 1 amide bonds. The third kappa shape index (κ3) is 3.81. The number of hydrogen-bond acceptors (Lipinski definition) is 3. The van der Waals surface area contributed by atoms with E-state index in [4.69, 9.17) is 0 Å². The average molecular weight is 372 g/mol. The molecular weight excluding hydrogens is 348 g/mol. The number of hydrogen-bond donors (Lipinski definition) is 1. The van der Waals surface area contributed by atoms with Gasteiger partial charge < -0.3 is 4.90 Å². The zero-order chi connectivity index (χ0) is 18.7. The summed E-state index contributed by atoms with van der Waals surface area (Å²) in [5.41, 5.74) is 4.03. The van der Waals surface area contributed by atoms with Crippen LogP contribution in [-0.2, 0) is 34.2 Å². The number of carbonyl (C=O) groups excluding carboxylic acids is 1. The second-order valence-corrected chi connectivity index (χ2v) is 8.20. The third-order valence-electron chi connectivity index (χ3n) is 4.75. The van der Waals surface area contributed by atoms with Gasteiger partial charge >= 0.3 is 0 Å². The predicted octanol–water partition coefficient (Wildman–Crippen LogP) is 3.03. The van der Waals surface area contributed by atoms with E-state index in [0.717, 1.165) is 35.2 Å². The average Bonchev–Trinajstić information content (AvgIpc) is 3.09. The number of carbonyl (C=O) groups is 1. The van der Waals surface area contributed by atoms with Gasteiger partial charge in [0.25, 0.3) is 0 Å². The molecule has 0 saturated heterocycles. The zero-order valence-electron chi connectivity index (χ0n) is 15.2. The summed E-state index contributed by atoms with van der Waals surface area (Å²) in [7, 11) is -3.54. The lowest BCUT2D eigenvalue weighted by Crippen LogP contribution is -2.27. The van der Waals surface area contributed by atoms with Gasteiger partial charge in [-0.3, -0.25) is 4.79 Å². The van der Waals surface area contributed by atoms with Crippen LogP contribution in [0.3, 0.4) is 0 Å². The maximum absolute atomic E-state index is 12.5. The third-order valence-corrected chi connectivity index (χ3v) is 6.17. The Hall–Kier alpha value is -2.18. The lowest BCUT2D eigenvalue weighted by molar-refractivity contribution is -0.118. The highest BCUT2D eigenvalue weighted by Crippen LogP contribution is 2.29. The van der Waals surface area contributed by atoms with E-state index in [1.807, 2.05) is 44.2 Å². The molecule has 0 aromatic heterocycles. The number of nitrogens with zero attached hydrogens (tertiary/aromatic N) is 1.